The first kappa shape index (κ1) is 13.0. The normalized spacial score (nSPS) is 10.4. The third kappa shape index (κ3) is 5.17. The van der Waals surface area contributed by atoms with Crippen LogP contribution in [0.2, 0.25) is 0 Å². The van der Waals surface area contributed by atoms with Crippen molar-refractivity contribution in [3.05, 3.63) is 29.8 Å². The van der Waals surface area contributed by atoms with E-state index in [1.54, 1.807) is 0 Å². The number of nitrogens with two attached hydrogens (primary N) is 1. The van der Waals surface area contributed by atoms with Gasteiger partial charge in [0.15, 0.2) is 0 Å². The molecule has 1 aromatic carbocycles. The van der Waals surface area contributed by atoms with Crippen LogP contribution in [0.3, 0.4) is 0 Å². The first-order valence-electron chi connectivity index (χ1n) is 6.39. The van der Waals surface area contributed by atoms with Crippen molar-refractivity contribution in [1.82, 2.24) is 0 Å². The fourth-order valence-electron chi connectivity index (χ4n) is 1.67. The number of nitrogens with one attached hydrogen (secondary N) is 1. The van der Waals surface area contributed by atoms with Crippen LogP contribution in [0.5, 0.6) is 0 Å². The standard InChI is InChI=1S/C14H24N2/c1-2-3-6-13-7-9-14(10-8-13)16-12-5-4-11-15/h7-10,16H,2-6,11-12,15H2,1H3. The zero-order valence-electron chi connectivity index (χ0n) is 10.3. The maximum Gasteiger partial charge on any atom is 0.0340 e. The van der Waals surface area contributed by atoms with E-state index in [-0.39, 0.29) is 0 Å². The quantitative estimate of drug-likeness (QED) is 0.660. The zero-order chi connectivity index (χ0) is 11.6. The lowest BCUT2D eigenvalue weighted by Gasteiger charge is -2.07. The van der Waals surface area contributed by atoms with Gasteiger partial charge in [0.05, 0.1) is 0 Å². The smallest absolute Gasteiger partial charge is 0.0340 e. The van der Waals surface area contributed by atoms with Gasteiger partial charge in [0.25, 0.3) is 0 Å². The molecule has 0 aliphatic rings. The molecule has 0 saturated carbocycles. The zero-order valence-corrected chi connectivity index (χ0v) is 10.3. The van der Waals surface area contributed by atoms with Gasteiger partial charge in [-0.25, -0.2) is 0 Å². The van der Waals surface area contributed by atoms with E-state index < -0.39 is 0 Å². The summed E-state index contributed by atoms with van der Waals surface area (Å²) in [4.78, 5) is 0. The molecule has 16 heavy (non-hydrogen) atoms. The van der Waals surface area contributed by atoms with Crippen LogP contribution in [-0.4, -0.2) is 13.1 Å². The molecule has 2 nitrogen and oxygen atoms in total. The Bertz CT molecular complexity index is 267. The number of anilines is 1. The van der Waals surface area contributed by atoms with E-state index >= 15 is 0 Å². The van der Waals surface area contributed by atoms with Crippen molar-refractivity contribution in [1.29, 1.82) is 0 Å². The van der Waals surface area contributed by atoms with Crippen LogP contribution in [0.1, 0.15) is 38.2 Å². The predicted molar refractivity (Wildman–Crippen MR) is 71.8 cm³/mol. The van der Waals surface area contributed by atoms with E-state index in [1.165, 1.54) is 30.5 Å². The Morgan fingerprint density at radius 2 is 1.81 bits per heavy atom. The van der Waals surface area contributed by atoms with Crippen LogP contribution in [0, 0.1) is 0 Å². The minimum absolute atomic E-state index is 0.789. The van der Waals surface area contributed by atoms with Gasteiger partial charge in [-0.15, -0.1) is 0 Å². The molecule has 2 heteroatoms. The Morgan fingerprint density at radius 3 is 2.44 bits per heavy atom. The van der Waals surface area contributed by atoms with Gasteiger partial charge in [-0.2, -0.15) is 0 Å². The van der Waals surface area contributed by atoms with Gasteiger partial charge in [0.1, 0.15) is 0 Å². The monoisotopic (exact) mass is 220 g/mol. The van der Waals surface area contributed by atoms with Crippen LogP contribution in [0.4, 0.5) is 5.69 Å². The molecule has 0 saturated heterocycles. The number of rotatable bonds is 8. The summed E-state index contributed by atoms with van der Waals surface area (Å²) in [6.07, 6.45) is 5.99. The van der Waals surface area contributed by atoms with Gasteiger partial charge < -0.3 is 11.1 Å². The lowest BCUT2D eigenvalue weighted by Crippen LogP contribution is -2.05. The second-order valence-electron chi connectivity index (χ2n) is 4.22. The molecule has 0 unspecified atom stereocenters. The molecular weight excluding hydrogens is 196 g/mol. The van der Waals surface area contributed by atoms with Crippen molar-refractivity contribution in [2.24, 2.45) is 5.73 Å². The summed E-state index contributed by atoms with van der Waals surface area (Å²) in [5, 5.41) is 3.41. The van der Waals surface area contributed by atoms with Crippen molar-refractivity contribution in [3.63, 3.8) is 0 Å². The molecule has 0 aromatic heterocycles. The van der Waals surface area contributed by atoms with Crippen molar-refractivity contribution >= 4 is 5.69 Å². The lowest BCUT2D eigenvalue weighted by molar-refractivity contribution is 0.774. The van der Waals surface area contributed by atoms with Crippen LogP contribution in [-0.2, 0) is 6.42 Å². The van der Waals surface area contributed by atoms with Crippen molar-refractivity contribution < 1.29 is 0 Å². The Hall–Kier alpha value is -1.02. The SMILES string of the molecule is CCCCc1ccc(NCCCCN)cc1. The molecule has 0 bridgehead atoms. The minimum atomic E-state index is 0.789. The maximum atomic E-state index is 5.45. The average molecular weight is 220 g/mol. The van der Waals surface area contributed by atoms with E-state index in [0.717, 1.165) is 25.9 Å². The summed E-state index contributed by atoms with van der Waals surface area (Å²) in [6.45, 7) is 4.04. The molecule has 3 N–H and O–H groups in total. The highest BCUT2D eigenvalue weighted by Gasteiger charge is 1.94. The molecule has 1 aromatic rings. The van der Waals surface area contributed by atoms with Crippen LogP contribution < -0.4 is 11.1 Å². The van der Waals surface area contributed by atoms with Crippen molar-refractivity contribution in [2.45, 2.75) is 39.0 Å². The van der Waals surface area contributed by atoms with E-state index in [9.17, 15) is 0 Å². The van der Waals surface area contributed by atoms with Gasteiger partial charge >= 0.3 is 0 Å². The summed E-state index contributed by atoms with van der Waals surface area (Å²) in [5.74, 6) is 0. The Balaban J connectivity index is 2.27. The molecule has 0 heterocycles. The molecule has 0 aliphatic heterocycles. The molecule has 90 valence electrons. The van der Waals surface area contributed by atoms with Gasteiger partial charge in [-0.3, -0.25) is 0 Å². The van der Waals surface area contributed by atoms with Crippen LogP contribution >= 0.6 is 0 Å². The Kier molecular flexibility index (Phi) is 6.66. The first-order chi connectivity index (χ1) is 7.86. The summed E-state index contributed by atoms with van der Waals surface area (Å²) in [6, 6.07) is 8.79. The van der Waals surface area contributed by atoms with Crippen molar-refractivity contribution in [2.75, 3.05) is 18.4 Å². The number of aryl methyl sites for hydroxylation is 1. The van der Waals surface area contributed by atoms with E-state index in [2.05, 4.69) is 36.5 Å². The Morgan fingerprint density at radius 1 is 1.06 bits per heavy atom. The summed E-state index contributed by atoms with van der Waals surface area (Å²) < 4.78 is 0. The third-order valence-electron chi connectivity index (χ3n) is 2.73. The lowest BCUT2D eigenvalue weighted by atomic mass is 10.1. The first-order valence-corrected chi connectivity index (χ1v) is 6.39. The molecular formula is C14H24N2. The molecule has 0 radical (unpaired) electrons. The highest BCUT2D eigenvalue weighted by Crippen LogP contribution is 2.11. The van der Waals surface area contributed by atoms with E-state index in [1.807, 2.05) is 0 Å². The van der Waals surface area contributed by atoms with Gasteiger partial charge in [-0.05, 0) is 49.9 Å². The molecule has 0 amide bonds. The largest absolute Gasteiger partial charge is 0.385 e. The number of unbranched alkanes of at least 4 members (excludes halogenated alkanes) is 2. The van der Waals surface area contributed by atoms with Gasteiger partial charge in [0, 0.05) is 12.2 Å². The number of benzene rings is 1. The molecule has 0 atom stereocenters. The fourth-order valence-corrected chi connectivity index (χ4v) is 1.67. The highest BCUT2D eigenvalue weighted by atomic mass is 14.9. The maximum absolute atomic E-state index is 5.45. The molecule has 0 spiro atoms. The number of hydrogen-bond acceptors (Lipinski definition) is 2. The summed E-state index contributed by atoms with van der Waals surface area (Å²) in [5.41, 5.74) is 8.11. The summed E-state index contributed by atoms with van der Waals surface area (Å²) >= 11 is 0. The number of hydrogen-bond donors (Lipinski definition) is 2. The third-order valence-corrected chi connectivity index (χ3v) is 2.73. The molecule has 0 fully saturated rings. The second-order valence-corrected chi connectivity index (χ2v) is 4.22. The van der Waals surface area contributed by atoms with E-state index in [4.69, 9.17) is 5.73 Å². The topological polar surface area (TPSA) is 38.0 Å². The van der Waals surface area contributed by atoms with Gasteiger partial charge in [-0.1, -0.05) is 25.5 Å². The van der Waals surface area contributed by atoms with Crippen molar-refractivity contribution in [3.8, 4) is 0 Å². The summed E-state index contributed by atoms with van der Waals surface area (Å²) in [7, 11) is 0. The Labute approximate surface area is 99.2 Å². The van der Waals surface area contributed by atoms with Crippen LogP contribution in [0.15, 0.2) is 24.3 Å². The second kappa shape index (κ2) is 8.17. The van der Waals surface area contributed by atoms with Gasteiger partial charge in [0.2, 0.25) is 0 Å². The minimum Gasteiger partial charge on any atom is -0.385 e. The average Bonchev–Trinajstić information content (AvgIpc) is 2.33. The van der Waals surface area contributed by atoms with E-state index in [0.29, 0.717) is 0 Å². The molecule has 1 rings (SSSR count). The highest BCUT2D eigenvalue weighted by molar-refractivity contribution is 5.44. The molecule has 0 aliphatic carbocycles. The predicted octanol–water partition coefficient (Wildman–Crippen LogP) is 3.18. The van der Waals surface area contributed by atoms with Crippen LogP contribution in [0.25, 0.3) is 0 Å². The fraction of sp³-hybridized carbons (Fsp3) is 0.571.